The Bertz CT molecular complexity index is 646. The van der Waals surface area contributed by atoms with Crippen LogP contribution in [0.3, 0.4) is 0 Å². The Morgan fingerprint density at radius 2 is 1.63 bits per heavy atom. The maximum atomic E-state index is 12.5. The van der Waals surface area contributed by atoms with Crippen molar-refractivity contribution < 1.29 is 14.4 Å². The van der Waals surface area contributed by atoms with Crippen LogP contribution < -0.4 is 10.6 Å². The molecule has 1 rings (SSSR count). The molecule has 0 saturated heterocycles. The van der Waals surface area contributed by atoms with Crippen LogP contribution in [0.25, 0.3) is 0 Å². The fraction of sp³-hybridized carbons (Fsp3) is 0.571. The van der Waals surface area contributed by atoms with E-state index in [9.17, 15) is 14.4 Å². The van der Waals surface area contributed by atoms with E-state index < -0.39 is 0 Å². The predicted octanol–water partition coefficient (Wildman–Crippen LogP) is 2.97. The molecule has 0 fully saturated rings. The van der Waals surface area contributed by atoms with Gasteiger partial charge in [-0.1, -0.05) is 52.3 Å². The van der Waals surface area contributed by atoms with Crippen LogP contribution in [0.1, 0.15) is 46.6 Å². The van der Waals surface area contributed by atoms with Gasteiger partial charge >= 0.3 is 0 Å². The minimum Gasteiger partial charge on any atom is -0.345 e. The van der Waals surface area contributed by atoms with Crippen LogP contribution in [-0.2, 0) is 14.4 Å². The summed E-state index contributed by atoms with van der Waals surface area (Å²) in [4.78, 5) is 38.3. The van der Waals surface area contributed by atoms with Gasteiger partial charge in [-0.05, 0) is 30.4 Å². The van der Waals surface area contributed by atoms with E-state index in [2.05, 4.69) is 10.6 Å². The fourth-order valence-electron chi connectivity index (χ4n) is 2.51. The van der Waals surface area contributed by atoms with Gasteiger partial charge in [0.1, 0.15) is 0 Å². The van der Waals surface area contributed by atoms with Crippen molar-refractivity contribution in [2.75, 3.05) is 25.0 Å². The number of carbonyl (C=O) groups is 3. The molecule has 0 aromatic heterocycles. The molecule has 0 heterocycles. The van der Waals surface area contributed by atoms with Gasteiger partial charge in [0.2, 0.25) is 17.7 Å². The van der Waals surface area contributed by atoms with Gasteiger partial charge in [-0.25, -0.2) is 0 Å². The lowest BCUT2D eigenvalue weighted by molar-refractivity contribution is -0.138. The van der Waals surface area contributed by atoms with E-state index in [1.807, 2.05) is 65.8 Å². The maximum absolute atomic E-state index is 12.5. The van der Waals surface area contributed by atoms with Crippen LogP contribution in [0.2, 0.25) is 0 Å². The van der Waals surface area contributed by atoms with Crippen molar-refractivity contribution in [3.8, 4) is 0 Å². The maximum Gasteiger partial charge on any atom is 0.243 e. The SMILES string of the molecule is Cc1ccc(NC(=O)CNC(=O)CN(CC(C)C)C(=O)CC(C)(C)C)cc1. The van der Waals surface area contributed by atoms with Gasteiger partial charge in [-0.2, -0.15) is 0 Å². The summed E-state index contributed by atoms with van der Waals surface area (Å²) in [5, 5.41) is 5.32. The molecule has 1 aromatic carbocycles. The number of aryl methyl sites for hydroxylation is 1. The molecule has 150 valence electrons. The van der Waals surface area contributed by atoms with Crippen molar-refractivity contribution in [3.05, 3.63) is 29.8 Å². The van der Waals surface area contributed by atoms with Gasteiger partial charge in [0.15, 0.2) is 0 Å². The molecular formula is C21H33N3O3. The van der Waals surface area contributed by atoms with Crippen molar-refractivity contribution in [1.82, 2.24) is 10.2 Å². The second-order valence-corrected chi connectivity index (χ2v) is 8.60. The van der Waals surface area contributed by atoms with Gasteiger partial charge in [-0.3, -0.25) is 14.4 Å². The zero-order valence-electron chi connectivity index (χ0n) is 17.4. The number of rotatable bonds is 8. The highest BCUT2D eigenvalue weighted by Crippen LogP contribution is 2.20. The molecule has 27 heavy (non-hydrogen) atoms. The Balaban J connectivity index is 2.53. The molecule has 0 spiro atoms. The van der Waals surface area contributed by atoms with Crippen LogP contribution in [0, 0.1) is 18.3 Å². The van der Waals surface area contributed by atoms with Crippen LogP contribution in [-0.4, -0.2) is 42.3 Å². The number of nitrogens with one attached hydrogen (secondary N) is 2. The Labute approximate surface area is 162 Å². The van der Waals surface area contributed by atoms with Crippen molar-refractivity contribution in [2.24, 2.45) is 11.3 Å². The molecule has 0 bridgehead atoms. The van der Waals surface area contributed by atoms with Crippen LogP contribution >= 0.6 is 0 Å². The lowest BCUT2D eigenvalue weighted by Gasteiger charge is -2.27. The summed E-state index contributed by atoms with van der Waals surface area (Å²) >= 11 is 0. The van der Waals surface area contributed by atoms with E-state index in [1.54, 1.807) is 4.90 Å². The van der Waals surface area contributed by atoms with E-state index >= 15 is 0 Å². The molecule has 0 atom stereocenters. The first-order valence-electron chi connectivity index (χ1n) is 9.37. The topological polar surface area (TPSA) is 78.5 Å². The molecule has 3 amide bonds. The first-order valence-corrected chi connectivity index (χ1v) is 9.37. The van der Waals surface area contributed by atoms with E-state index in [0.717, 1.165) is 5.56 Å². The van der Waals surface area contributed by atoms with Crippen molar-refractivity contribution >= 4 is 23.4 Å². The molecule has 1 aromatic rings. The summed E-state index contributed by atoms with van der Waals surface area (Å²) in [7, 11) is 0. The molecule has 0 aliphatic heterocycles. The number of carbonyl (C=O) groups excluding carboxylic acids is 3. The lowest BCUT2D eigenvalue weighted by atomic mass is 9.91. The molecule has 6 heteroatoms. The standard InChI is InChI=1S/C21H33N3O3/c1-15(2)13-24(20(27)11-21(4,5)6)14-19(26)22-12-18(25)23-17-9-7-16(3)8-10-17/h7-10,15H,11-14H2,1-6H3,(H,22,26)(H,23,25). The van der Waals surface area contributed by atoms with E-state index in [1.165, 1.54) is 0 Å². The van der Waals surface area contributed by atoms with E-state index in [-0.39, 0.29) is 42.1 Å². The van der Waals surface area contributed by atoms with Crippen molar-refractivity contribution in [3.63, 3.8) is 0 Å². The molecule has 0 saturated carbocycles. The molecule has 0 unspecified atom stereocenters. The quantitative estimate of drug-likeness (QED) is 0.733. The zero-order valence-corrected chi connectivity index (χ0v) is 17.4. The van der Waals surface area contributed by atoms with Gasteiger partial charge in [0.25, 0.3) is 0 Å². The van der Waals surface area contributed by atoms with Gasteiger partial charge in [0.05, 0.1) is 13.1 Å². The highest BCUT2D eigenvalue weighted by molar-refractivity contribution is 5.95. The molecule has 6 nitrogen and oxygen atoms in total. The first kappa shape index (κ1) is 22.7. The number of anilines is 1. The second-order valence-electron chi connectivity index (χ2n) is 8.60. The number of benzene rings is 1. The predicted molar refractivity (Wildman–Crippen MR) is 108 cm³/mol. The smallest absolute Gasteiger partial charge is 0.243 e. The molecular weight excluding hydrogens is 342 g/mol. The molecule has 0 aliphatic carbocycles. The summed E-state index contributed by atoms with van der Waals surface area (Å²) in [6, 6.07) is 7.42. The average Bonchev–Trinajstić information content (AvgIpc) is 2.52. The summed E-state index contributed by atoms with van der Waals surface area (Å²) in [5.41, 5.74) is 1.64. The second kappa shape index (κ2) is 10.1. The van der Waals surface area contributed by atoms with Gasteiger partial charge in [-0.15, -0.1) is 0 Å². The summed E-state index contributed by atoms with van der Waals surface area (Å²) in [6.07, 6.45) is 0.376. The Morgan fingerprint density at radius 1 is 1.04 bits per heavy atom. The largest absolute Gasteiger partial charge is 0.345 e. The normalized spacial score (nSPS) is 11.2. The Hall–Kier alpha value is -2.37. The number of nitrogens with zero attached hydrogens (tertiary/aromatic N) is 1. The number of hydrogen-bond acceptors (Lipinski definition) is 3. The van der Waals surface area contributed by atoms with E-state index in [0.29, 0.717) is 18.7 Å². The Morgan fingerprint density at radius 3 is 2.15 bits per heavy atom. The third kappa shape index (κ3) is 9.78. The Kier molecular flexibility index (Phi) is 8.47. The van der Waals surface area contributed by atoms with E-state index in [4.69, 9.17) is 0 Å². The highest BCUT2D eigenvalue weighted by Gasteiger charge is 2.23. The van der Waals surface area contributed by atoms with Crippen molar-refractivity contribution in [1.29, 1.82) is 0 Å². The lowest BCUT2D eigenvalue weighted by Crippen LogP contribution is -2.44. The molecule has 0 aliphatic rings. The number of hydrogen-bond donors (Lipinski definition) is 2. The fourth-order valence-corrected chi connectivity index (χ4v) is 2.51. The van der Waals surface area contributed by atoms with Crippen LogP contribution in [0.5, 0.6) is 0 Å². The van der Waals surface area contributed by atoms with Crippen LogP contribution in [0.15, 0.2) is 24.3 Å². The van der Waals surface area contributed by atoms with Gasteiger partial charge < -0.3 is 15.5 Å². The number of amides is 3. The average molecular weight is 376 g/mol. The molecule has 0 radical (unpaired) electrons. The highest BCUT2D eigenvalue weighted by atomic mass is 16.2. The minimum absolute atomic E-state index is 0.0368. The summed E-state index contributed by atoms with van der Waals surface area (Å²) in [5.74, 6) is -0.428. The first-order chi connectivity index (χ1) is 12.5. The summed E-state index contributed by atoms with van der Waals surface area (Å²) < 4.78 is 0. The molecule has 2 N–H and O–H groups in total. The minimum atomic E-state index is -0.336. The summed E-state index contributed by atoms with van der Waals surface area (Å²) in [6.45, 7) is 12.3. The van der Waals surface area contributed by atoms with Crippen molar-refractivity contribution in [2.45, 2.75) is 48.0 Å². The van der Waals surface area contributed by atoms with Gasteiger partial charge in [0, 0.05) is 18.7 Å². The third-order valence-electron chi connectivity index (χ3n) is 3.74. The zero-order chi connectivity index (χ0) is 20.6. The third-order valence-corrected chi connectivity index (χ3v) is 3.74. The van der Waals surface area contributed by atoms with Crippen LogP contribution in [0.4, 0.5) is 5.69 Å². The monoisotopic (exact) mass is 375 g/mol.